The molecule has 180 valence electrons. The first-order valence-electron chi connectivity index (χ1n) is 11.3. The predicted molar refractivity (Wildman–Crippen MR) is 140 cm³/mol. The molecule has 0 amide bonds. The number of carbonyl (C=O) groups excluding carboxylic acids is 2. The van der Waals surface area contributed by atoms with E-state index in [4.69, 9.17) is 0 Å². The molecule has 0 radical (unpaired) electrons. The van der Waals surface area contributed by atoms with E-state index in [0.717, 1.165) is 22.6 Å². The number of carboxylic acids is 2. The average molecular weight is 595 g/mol. The van der Waals surface area contributed by atoms with Crippen LogP contribution in [-0.4, -0.2) is 44.6 Å². The van der Waals surface area contributed by atoms with Crippen LogP contribution < -0.4 is 10.2 Å². The topological polar surface area (TPSA) is 80.3 Å². The van der Waals surface area contributed by atoms with Gasteiger partial charge in [-0.1, -0.05) is 60.7 Å². The molecule has 2 rings (SSSR count). The number of unbranched alkanes of at least 4 members (excludes halogenated alkanes) is 2. The number of hydrogen-bond donors (Lipinski definition) is 0. The summed E-state index contributed by atoms with van der Waals surface area (Å²) >= 11 is 2.85. The SMILES string of the molecule is CCC[CH2][Sn+2][CH2]CCC.O=C([O-])CSCc1ccccc1.O=C([O-])CSCc1ccccc1. The van der Waals surface area contributed by atoms with Gasteiger partial charge in [0.05, 0.1) is 11.9 Å². The van der Waals surface area contributed by atoms with Gasteiger partial charge in [0.15, 0.2) is 0 Å². The minimum Gasteiger partial charge on any atom is -0.549 e. The maximum atomic E-state index is 10.1. The molecule has 0 aliphatic rings. The van der Waals surface area contributed by atoms with Crippen LogP contribution in [0, 0.1) is 0 Å². The Morgan fingerprint density at radius 1 is 0.697 bits per heavy atom. The third-order valence-corrected chi connectivity index (χ3v) is 10.1. The zero-order valence-electron chi connectivity index (χ0n) is 19.8. The second kappa shape index (κ2) is 24.0. The third kappa shape index (κ3) is 23.8. The van der Waals surface area contributed by atoms with Gasteiger partial charge in [-0.3, -0.25) is 0 Å². The largest absolute Gasteiger partial charge is 0.549 e. The zero-order chi connectivity index (χ0) is 24.6. The van der Waals surface area contributed by atoms with Crippen molar-refractivity contribution in [1.29, 1.82) is 0 Å². The number of thioether (sulfide) groups is 2. The molecule has 0 saturated carbocycles. The maximum absolute atomic E-state index is 10.1. The predicted octanol–water partition coefficient (Wildman–Crippen LogP) is 4.47. The van der Waals surface area contributed by atoms with Crippen LogP contribution in [-0.2, 0) is 21.1 Å². The monoisotopic (exact) mass is 596 g/mol. The van der Waals surface area contributed by atoms with Gasteiger partial charge in [0.25, 0.3) is 0 Å². The third-order valence-electron chi connectivity index (χ3n) is 4.08. The van der Waals surface area contributed by atoms with Gasteiger partial charge < -0.3 is 19.8 Å². The van der Waals surface area contributed by atoms with Gasteiger partial charge in [-0.25, -0.2) is 0 Å². The van der Waals surface area contributed by atoms with E-state index in [2.05, 4.69) is 13.8 Å². The minimum absolute atomic E-state index is 0.0644. The van der Waals surface area contributed by atoms with Crippen LogP contribution in [0.25, 0.3) is 0 Å². The molecule has 2 aromatic carbocycles. The van der Waals surface area contributed by atoms with Crippen LogP contribution in [0.3, 0.4) is 0 Å². The summed E-state index contributed by atoms with van der Waals surface area (Å²) in [5.74, 6) is -0.417. The standard InChI is InChI=1S/2C9H10O2S.2C4H9.Sn/c2*10-9(11)7-12-6-8-4-2-1-3-5-8;2*1-3-4-2;/h2*1-5H,6-7H2,(H,10,11);2*1,3-4H2,2H3;/q;;;;+2/p-2. The van der Waals surface area contributed by atoms with Crippen molar-refractivity contribution in [2.45, 2.75) is 59.9 Å². The van der Waals surface area contributed by atoms with E-state index in [1.165, 1.54) is 49.2 Å². The number of benzene rings is 2. The number of rotatable bonds is 14. The molecule has 0 bridgehead atoms. The molecule has 0 spiro atoms. The fraction of sp³-hybridized carbons (Fsp3) is 0.462. The molecule has 2 aromatic rings. The smallest absolute Gasteiger partial charge is 0.0513 e. The van der Waals surface area contributed by atoms with Gasteiger partial charge >= 0.3 is 69.5 Å². The van der Waals surface area contributed by atoms with E-state index in [0.29, 0.717) is 0 Å². The molecule has 7 heteroatoms. The Morgan fingerprint density at radius 2 is 1.06 bits per heavy atom. The normalized spacial score (nSPS) is 9.52. The number of carbonyl (C=O) groups is 2. The summed E-state index contributed by atoms with van der Waals surface area (Å²) in [5, 5.41) is 20.1. The van der Waals surface area contributed by atoms with Gasteiger partial charge in [0.2, 0.25) is 0 Å². The van der Waals surface area contributed by atoms with Crippen molar-refractivity contribution in [3.63, 3.8) is 0 Å². The van der Waals surface area contributed by atoms with Crippen molar-refractivity contribution >= 4 is 56.6 Å². The van der Waals surface area contributed by atoms with Crippen LogP contribution in [0.4, 0.5) is 0 Å². The molecular formula is C26H36O4S2Sn. The van der Waals surface area contributed by atoms with Crippen molar-refractivity contribution in [3.05, 3.63) is 71.8 Å². The molecule has 0 fully saturated rings. The van der Waals surface area contributed by atoms with Crippen LogP contribution in [0.2, 0.25) is 8.87 Å². The molecule has 0 saturated heterocycles. The summed E-state index contributed by atoms with van der Waals surface area (Å²) in [4.78, 5) is 20.1. The number of carboxylic acid groups (broad SMARTS) is 2. The first kappa shape index (κ1) is 31.9. The van der Waals surface area contributed by atoms with E-state index in [-0.39, 0.29) is 32.6 Å². The summed E-state index contributed by atoms with van der Waals surface area (Å²) in [6.07, 6.45) is 5.84. The summed E-state index contributed by atoms with van der Waals surface area (Å²) < 4.78 is 3.25. The molecule has 0 N–H and O–H groups in total. The van der Waals surface area contributed by atoms with Crippen molar-refractivity contribution in [3.8, 4) is 0 Å². The summed E-state index contributed by atoms with van der Waals surface area (Å²) in [7, 11) is 0. The first-order chi connectivity index (χ1) is 16.0. The minimum atomic E-state index is -1.00. The van der Waals surface area contributed by atoms with E-state index < -0.39 is 11.9 Å². The van der Waals surface area contributed by atoms with Crippen molar-refractivity contribution < 1.29 is 19.8 Å². The van der Waals surface area contributed by atoms with Gasteiger partial charge in [-0.2, -0.15) is 23.5 Å². The quantitative estimate of drug-likeness (QED) is 0.237. The van der Waals surface area contributed by atoms with Gasteiger partial charge in [-0.05, 0) is 11.1 Å². The average Bonchev–Trinajstić information content (AvgIpc) is 2.81. The van der Waals surface area contributed by atoms with Crippen LogP contribution >= 0.6 is 23.5 Å². The summed E-state index contributed by atoms with van der Waals surface area (Å²) in [6, 6.07) is 19.5. The van der Waals surface area contributed by atoms with E-state index in [9.17, 15) is 19.8 Å². The van der Waals surface area contributed by atoms with Crippen molar-refractivity contribution in [2.24, 2.45) is 0 Å². The van der Waals surface area contributed by atoms with Crippen molar-refractivity contribution in [2.75, 3.05) is 11.5 Å². The van der Waals surface area contributed by atoms with Gasteiger partial charge in [0, 0.05) is 23.0 Å². The molecule has 0 aliphatic carbocycles. The Hall–Kier alpha value is -1.12. The molecule has 0 heterocycles. The molecule has 0 aromatic heterocycles. The molecule has 4 nitrogen and oxygen atoms in total. The van der Waals surface area contributed by atoms with E-state index >= 15 is 0 Å². The summed E-state index contributed by atoms with van der Waals surface area (Å²) in [5.41, 5.74) is 2.28. The molecule has 33 heavy (non-hydrogen) atoms. The zero-order valence-corrected chi connectivity index (χ0v) is 24.3. The Morgan fingerprint density at radius 3 is 1.36 bits per heavy atom. The second-order valence-corrected chi connectivity index (χ2v) is 13.4. The first-order valence-corrected chi connectivity index (χ1v) is 17.7. The van der Waals surface area contributed by atoms with Crippen LogP contribution in [0.5, 0.6) is 0 Å². The Balaban J connectivity index is 0.000000472. The van der Waals surface area contributed by atoms with Gasteiger partial charge in [-0.15, -0.1) is 0 Å². The Labute approximate surface area is 218 Å². The van der Waals surface area contributed by atoms with E-state index in [1.54, 1.807) is 8.87 Å². The summed E-state index contributed by atoms with van der Waals surface area (Å²) in [6.45, 7) is 4.58. The molecule has 0 atom stereocenters. The number of aliphatic carboxylic acids is 2. The fourth-order valence-corrected chi connectivity index (χ4v) is 7.93. The van der Waals surface area contributed by atoms with Crippen LogP contribution in [0.15, 0.2) is 60.7 Å². The molecule has 0 aliphatic heterocycles. The molecular weight excluding hydrogens is 559 g/mol. The fourth-order valence-electron chi connectivity index (χ4n) is 2.38. The second-order valence-electron chi connectivity index (χ2n) is 7.16. The van der Waals surface area contributed by atoms with Crippen LogP contribution in [0.1, 0.15) is 50.7 Å². The van der Waals surface area contributed by atoms with Gasteiger partial charge in [0.1, 0.15) is 0 Å². The van der Waals surface area contributed by atoms with Crippen molar-refractivity contribution in [1.82, 2.24) is 0 Å². The Kier molecular flexibility index (Phi) is 23.2. The van der Waals surface area contributed by atoms with E-state index in [1.807, 2.05) is 60.7 Å². The Bertz CT molecular complexity index is 653. The number of hydrogen-bond acceptors (Lipinski definition) is 6. The maximum Gasteiger partial charge on any atom is 0.0513 e. The molecule has 0 unspecified atom stereocenters.